The summed E-state index contributed by atoms with van der Waals surface area (Å²) in [6.45, 7) is 2.96. The summed E-state index contributed by atoms with van der Waals surface area (Å²) < 4.78 is 21.9. The zero-order valence-corrected chi connectivity index (χ0v) is 12.7. The number of carbonyl (C=O) groups is 2. The average Bonchev–Trinajstić information content (AvgIpc) is 2.73. The highest BCUT2D eigenvalue weighted by Gasteiger charge is 2.36. The molecule has 1 fully saturated rings. The minimum absolute atomic E-state index is 0.0574. The highest BCUT2D eigenvalue weighted by Crippen LogP contribution is 2.21. The van der Waals surface area contributed by atoms with Gasteiger partial charge in [-0.2, -0.15) is 0 Å². The molecule has 110 valence electrons. The summed E-state index contributed by atoms with van der Waals surface area (Å²) in [5, 5.41) is 11.4. The normalized spacial score (nSPS) is 20.4. The number of rotatable bonds is 4. The van der Waals surface area contributed by atoms with Crippen LogP contribution in [0.5, 0.6) is 0 Å². The summed E-state index contributed by atoms with van der Waals surface area (Å²) in [6, 6.07) is -1.40. The van der Waals surface area contributed by atoms with Crippen molar-refractivity contribution in [2.75, 3.05) is 24.4 Å². The molecule has 9 heteroatoms. The molecule has 2 amide bonds. The second-order valence-electron chi connectivity index (χ2n) is 5.01. The second-order valence-corrected chi connectivity index (χ2v) is 8.66. The maximum atomic E-state index is 11.9. The van der Waals surface area contributed by atoms with Crippen molar-refractivity contribution in [1.82, 2.24) is 10.2 Å². The number of thioether (sulfide) groups is 1. The Kier molecular flexibility index (Phi) is 4.72. The number of hydrogen-bond acceptors (Lipinski definition) is 5. The van der Waals surface area contributed by atoms with Crippen molar-refractivity contribution in [2.24, 2.45) is 0 Å². The third-order valence-electron chi connectivity index (χ3n) is 3.10. The molecule has 0 spiro atoms. The molecule has 1 aliphatic heterocycles. The number of nitrogens with one attached hydrogen (secondary N) is 1. The highest BCUT2D eigenvalue weighted by atomic mass is 32.2. The summed E-state index contributed by atoms with van der Waals surface area (Å²) >= 11 is 1.35. The van der Waals surface area contributed by atoms with E-state index < -0.39 is 32.6 Å². The summed E-state index contributed by atoms with van der Waals surface area (Å²) in [7, 11) is -3.31. The number of carbonyl (C=O) groups excluding carboxylic acids is 1. The molecule has 1 atom stereocenters. The first-order valence-corrected chi connectivity index (χ1v) is 8.65. The fourth-order valence-corrected chi connectivity index (χ4v) is 2.85. The molecule has 2 N–H and O–H groups in total. The van der Waals surface area contributed by atoms with Gasteiger partial charge in [0.15, 0.2) is 9.84 Å². The van der Waals surface area contributed by atoms with E-state index >= 15 is 0 Å². The third-order valence-corrected chi connectivity index (χ3v) is 6.26. The molecule has 0 aromatic carbocycles. The monoisotopic (exact) mass is 310 g/mol. The minimum atomic E-state index is -3.31. The van der Waals surface area contributed by atoms with Gasteiger partial charge in [-0.1, -0.05) is 0 Å². The van der Waals surface area contributed by atoms with Gasteiger partial charge in [0.1, 0.15) is 6.04 Å². The van der Waals surface area contributed by atoms with Gasteiger partial charge >= 0.3 is 12.0 Å². The molecular formula is C10H18N2O5S2. The maximum Gasteiger partial charge on any atom is 0.327 e. The van der Waals surface area contributed by atoms with Gasteiger partial charge in [-0.3, -0.25) is 0 Å². The van der Waals surface area contributed by atoms with E-state index in [1.54, 1.807) is 0 Å². The van der Waals surface area contributed by atoms with Crippen LogP contribution in [0.4, 0.5) is 4.79 Å². The molecule has 0 saturated carbocycles. The summed E-state index contributed by atoms with van der Waals surface area (Å²) in [6.07, 6.45) is 1.10. The first kappa shape index (κ1) is 16.1. The van der Waals surface area contributed by atoms with Crippen LogP contribution in [0.2, 0.25) is 0 Å². The molecule has 19 heavy (non-hydrogen) atoms. The van der Waals surface area contributed by atoms with Crippen molar-refractivity contribution < 1.29 is 23.1 Å². The fourth-order valence-electron chi connectivity index (χ4n) is 1.37. The van der Waals surface area contributed by atoms with Crippen LogP contribution < -0.4 is 5.32 Å². The number of carboxylic acid groups (broad SMARTS) is 1. The lowest BCUT2D eigenvalue weighted by Gasteiger charge is -2.26. The number of amides is 2. The standard InChI is InChI=1S/C10H18N2O5S2/c1-10(2,19(3,16)17)5-11-9(15)12-6-18-4-7(12)8(13)14/h7H,4-6H2,1-3H3,(H,11,15)(H,13,14). The molecule has 7 nitrogen and oxygen atoms in total. The Balaban J connectivity index is 2.64. The largest absolute Gasteiger partial charge is 0.480 e. The van der Waals surface area contributed by atoms with Crippen LogP contribution >= 0.6 is 11.8 Å². The van der Waals surface area contributed by atoms with Crippen LogP contribution in [0.1, 0.15) is 13.8 Å². The van der Waals surface area contributed by atoms with Gasteiger partial charge in [0.05, 0.1) is 10.6 Å². The third kappa shape index (κ3) is 3.75. The van der Waals surface area contributed by atoms with Crippen LogP contribution in [0.3, 0.4) is 0 Å². The summed E-state index contributed by atoms with van der Waals surface area (Å²) in [4.78, 5) is 24.0. The van der Waals surface area contributed by atoms with Crippen LogP contribution in [0.15, 0.2) is 0 Å². The van der Waals surface area contributed by atoms with Gasteiger partial charge in [-0.25, -0.2) is 18.0 Å². The number of urea groups is 1. The minimum Gasteiger partial charge on any atom is -0.480 e. The van der Waals surface area contributed by atoms with Crippen molar-refractivity contribution in [3.05, 3.63) is 0 Å². The fraction of sp³-hybridized carbons (Fsp3) is 0.800. The topological polar surface area (TPSA) is 104 Å². The van der Waals surface area contributed by atoms with Crippen molar-refractivity contribution in [3.8, 4) is 0 Å². The first-order chi connectivity index (χ1) is 8.56. The lowest BCUT2D eigenvalue weighted by Crippen LogP contribution is -2.51. The van der Waals surface area contributed by atoms with Gasteiger partial charge in [0.2, 0.25) is 0 Å². The Morgan fingerprint density at radius 2 is 2.05 bits per heavy atom. The Morgan fingerprint density at radius 1 is 1.47 bits per heavy atom. The smallest absolute Gasteiger partial charge is 0.327 e. The Labute approximate surface area is 116 Å². The zero-order chi connectivity index (χ0) is 14.8. The summed E-state index contributed by atoms with van der Waals surface area (Å²) in [5.74, 6) is -0.414. The van der Waals surface area contributed by atoms with Gasteiger partial charge in [-0.15, -0.1) is 11.8 Å². The Bertz CT molecular complexity index is 474. The molecule has 1 heterocycles. The van der Waals surface area contributed by atoms with Crippen molar-refractivity contribution in [1.29, 1.82) is 0 Å². The lowest BCUT2D eigenvalue weighted by molar-refractivity contribution is -0.140. The van der Waals surface area contributed by atoms with Gasteiger partial charge in [0.25, 0.3) is 0 Å². The first-order valence-electron chi connectivity index (χ1n) is 5.61. The van der Waals surface area contributed by atoms with Crippen molar-refractivity contribution >= 4 is 33.6 Å². The second kappa shape index (κ2) is 5.58. The van der Waals surface area contributed by atoms with Crippen molar-refractivity contribution in [3.63, 3.8) is 0 Å². The van der Waals surface area contributed by atoms with Crippen LogP contribution in [-0.4, -0.2) is 65.6 Å². The number of carboxylic acids is 1. The van der Waals surface area contributed by atoms with E-state index in [0.717, 1.165) is 6.26 Å². The van der Waals surface area contributed by atoms with Crippen LogP contribution in [-0.2, 0) is 14.6 Å². The molecule has 0 aliphatic carbocycles. The molecule has 1 saturated heterocycles. The molecule has 1 aliphatic rings. The van der Waals surface area contributed by atoms with Crippen molar-refractivity contribution in [2.45, 2.75) is 24.6 Å². The van der Waals surface area contributed by atoms with Gasteiger partial charge in [-0.05, 0) is 13.8 Å². The number of hydrogen-bond donors (Lipinski definition) is 2. The van der Waals surface area contributed by atoms with Gasteiger partial charge in [0, 0.05) is 18.6 Å². The number of sulfone groups is 1. The van der Waals surface area contributed by atoms with Crippen LogP contribution in [0.25, 0.3) is 0 Å². The molecule has 0 aromatic rings. The quantitative estimate of drug-likeness (QED) is 0.756. The van der Waals surface area contributed by atoms with E-state index in [0.29, 0.717) is 11.6 Å². The Hall–Kier alpha value is -0.960. The van der Waals surface area contributed by atoms with E-state index in [-0.39, 0.29) is 6.54 Å². The zero-order valence-electron chi connectivity index (χ0n) is 11.0. The Morgan fingerprint density at radius 3 is 2.53 bits per heavy atom. The van der Waals surface area contributed by atoms with E-state index in [1.807, 2.05) is 0 Å². The van der Waals surface area contributed by atoms with E-state index in [9.17, 15) is 18.0 Å². The van der Waals surface area contributed by atoms with Gasteiger partial charge < -0.3 is 15.3 Å². The molecule has 1 rings (SSSR count). The van der Waals surface area contributed by atoms with E-state index in [4.69, 9.17) is 5.11 Å². The van der Waals surface area contributed by atoms with E-state index in [2.05, 4.69) is 5.32 Å². The molecule has 0 radical (unpaired) electrons. The highest BCUT2D eigenvalue weighted by molar-refractivity contribution is 7.99. The average molecular weight is 310 g/mol. The maximum absolute atomic E-state index is 11.9. The molecule has 0 aromatic heterocycles. The lowest BCUT2D eigenvalue weighted by atomic mass is 10.2. The van der Waals surface area contributed by atoms with Crippen LogP contribution in [0, 0.1) is 0 Å². The predicted molar refractivity (Wildman–Crippen MR) is 72.9 cm³/mol. The molecular weight excluding hydrogens is 292 g/mol. The number of aliphatic carboxylic acids is 1. The molecule has 0 bridgehead atoms. The SMILES string of the molecule is CC(C)(CNC(=O)N1CSCC1C(=O)O)S(C)(=O)=O. The predicted octanol–water partition coefficient (Wildman–Crippen LogP) is -0.0213. The van der Waals surface area contributed by atoms with E-state index in [1.165, 1.54) is 30.5 Å². The summed E-state index contributed by atoms with van der Waals surface area (Å²) in [5.41, 5.74) is 0. The molecule has 1 unspecified atom stereocenters. The number of nitrogens with zero attached hydrogens (tertiary/aromatic N) is 1.